The minimum absolute atomic E-state index is 0.00911. The molecule has 0 spiro atoms. The van der Waals surface area contributed by atoms with E-state index in [1.165, 1.54) is 27.9 Å². The molecule has 2 rings (SSSR count). The van der Waals surface area contributed by atoms with Crippen LogP contribution < -0.4 is 4.74 Å². The first kappa shape index (κ1) is 21.7. The van der Waals surface area contributed by atoms with Gasteiger partial charge in [-0.1, -0.05) is 0 Å². The van der Waals surface area contributed by atoms with Gasteiger partial charge in [-0.15, -0.1) is 0 Å². The van der Waals surface area contributed by atoms with Crippen molar-refractivity contribution in [1.29, 1.82) is 0 Å². The number of aldehydes is 1. The van der Waals surface area contributed by atoms with Gasteiger partial charge in [0.2, 0.25) is 0 Å². The van der Waals surface area contributed by atoms with Gasteiger partial charge in [-0.05, 0) is 56.9 Å². The molecule has 0 bridgehead atoms. The van der Waals surface area contributed by atoms with Gasteiger partial charge in [0.15, 0.2) is 6.29 Å². The maximum Gasteiger partial charge on any atom is 0.347 e. The predicted octanol–water partition coefficient (Wildman–Crippen LogP) is 3.16. The van der Waals surface area contributed by atoms with E-state index >= 15 is 0 Å². The molecule has 0 saturated heterocycles. The van der Waals surface area contributed by atoms with E-state index in [1.807, 2.05) is 0 Å². The minimum Gasteiger partial charge on any atom is -0.507 e. The molecule has 8 heteroatoms. The summed E-state index contributed by atoms with van der Waals surface area (Å²) in [6.07, 6.45) is 0.242. The van der Waals surface area contributed by atoms with Crippen LogP contribution in [0.2, 0.25) is 0 Å². The highest BCUT2D eigenvalue weighted by Crippen LogP contribution is 2.40. The molecule has 0 aromatic heterocycles. The Hall–Kier alpha value is -3.55. The first-order chi connectivity index (χ1) is 13.5. The molecule has 2 aromatic rings. The Morgan fingerprint density at radius 2 is 1.24 bits per heavy atom. The Morgan fingerprint density at radius 3 is 1.76 bits per heavy atom. The van der Waals surface area contributed by atoms with Crippen molar-refractivity contribution in [3.8, 4) is 23.0 Å². The van der Waals surface area contributed by atoms with Gasteiger partial charge >= 0.3 is 11.9 Å². The van der Waals surface area contributed by atoms with E-state index in [4.69, 9.17) is 4.74 Å². The molecular formula is C21H22O8. The molecule has 0 aliphatic carbocycles. The van der Waals surface area contributed by atoms with Crippen LogP contribution in [0.25, 0.3) is 0 Å². The number of phenols is 3. The van der Waals surface area contributed by atoms with E-state index in [0.717, 1.165) is 0 Å². The Bertz CT molecular complexity index is 1020. The maximum absolute atomic E-state index is 12.8. The third-order valence-corrected chi connectivity index (χ3v) is 5.16. The van der Waals surface area contributed by atoms with Gasteiger partial charge in [0, 0.05) is 5.56 Å². The third-order valence-electron chi connectivity index (χ3n) is 5.16. The Balaban J connectivity index is 2.66. The number of carbonyl (C=O) groups is 3. The van der Waals surface area contributed by atoms with Crippen LogP contribution in [0.4, 0.5) is 0 Å². The number of esters is 2. The fraction of sp³-hybridized carbons (Fsp3) is 0.286. The second kappa shape index (κ2) is 7.83. The van der Waals surface area contributed by atoms with Crippen LogP contribution in [0.15, 0.2) is 0 Å². The summed E-state index contributed by atoms with van der Waals surface area (Å²) in [5, 5.41) is 30.7. The van der Waals surface area contributed by atoms with Crippen LogP contribution in [0, 0.1) is 34.6 Å². The first-order valence-electron chi connectivity index (χ1n) is 8.62. The predicted molar refractivity (Wildman–Crippen MR) is 103 cm³/mol. The van der Waals surface area contributed by atoms with Gasteiger partial charge in [-0.3, -0.25) is 4.79 Å². The molecule has 0 atom stereocenters. The van der Waals surface area contributed by atoms with Gasteiger partial charge in [0.1, 0.15) is 34.1 Å². The molecule has 154 valence electrons. The van der Waals surface area contributed by atoms with Crippen molar-refractivity contribution < 1.29 is 39.2 Å². The number of hydrogen-bond acceptors (Lipinski definition) is 8. The summed E-state index contributed by atoms with van der Waals surface area (Å²) in [4.78, 5) is 36.0. The van der Waals surface area contributed by atoms with Crippen molar-refractivity contribution in [2.24, 2.45) is 0 Å². The summed E-state index contributed by atoms with van der Waals surface area (Å²) in [5.41, 5.74) is 0.638. The molecule has 8 nitrogen and oxygen atoms in total. The Morgan fingerprint density at radius 1 is 0.724 bits per heavy atom. The van der Waals surface area contributed by atoms with Gasteiger partial charge in [0.05, 0.1) is 12.7 Å². The summed E-state index contributed by atoms with van der Waals surface area (Å²) >= 11 is 0. The molecule has 0 fully saturated rings. The summed E-state index contributed by atoms with van der Waals surface area (Å²) in [6.45, 7) is 7.61. The molecule has 0 radical (unpaired) electrons. The lowest BCUT2D eigenvalue weighted by atomic mass is 9.96. The van der Waals surface area contributed by atoms with Gasteiger partial charge in [-0.25, -0.2) is 9.59 Å². The molecule has 29 heavy (non-hydrogen) atoms. The number of rotatable bonds is 4. The second-order valence-corrected chi connectivity index (χ2v) is 6.66. The van der Waals surface area contributed by atoms with Crippen molar-refractivity contribution in [3.05, 3.63) is 44.5 Å². The number of aromatic hydroxyl groups is 3. The SMILES string of the molecule is COC(=O)c1c(C)c(C)c(OC(=O)c2c(C)c(C)c(O)c(C=O)c2O)c(C)c1O. The van der Waals surface area contributed by atoms with E-state index in [9.17, 15) is 29.7 Å². The Labute approximate surface area is 167 Å². The molecule has 0 unspecified atom stereocenters. The fourth-order valence-corrected chi connectivity index (χ4v) is 3.11. The smallest absolute Gasteiger partial charge is 0.347 e. The van der Waals surface area contributed by atoms with E-state index in [-0.39, 0.29) is 45.6 Å². The monoisotopic (exact) mass is 402 g/mol. The minimum atomic E-state index is -0.984. The van der Waals surface area contributed by atoms with Crippen LogP contribution in [0.5, 0.6) is 23.0 Å². The van der Waals surface area contributed by atoms with E-state index in [1.54, 1.807) is 13.8 Å². The van der Waals surface area contributed by atoms with E-state index < -0.39 is 29.0 Å². The Kier molecular flexibility index (Phi) is 5.87. The zero-order valence-corrected chi connectivity index (χ0v) is 17.0. The summed E-state index contributed by atoms with van der Waals surface area (Å²) < 4.78 is 10.1. The lowest BCUT2D eigenvalue weighted by molar-refractivity contribution is 0.0596. The molecule has 0 saturated carbocycles. The quantitative estimate of drug-likeness (QED) is 0.404. The highest BCUT2D eigenvalue weighted by atomic mass is 16.5. The molecule has 0 heterocycles. The second-order valence-electron chi connectivity index (χ2n) is 6.66. The summed E-state index contributed by atoms with van der Waals surface area (Å²) in [7, 11) is 1.18. The molecule has 0 aliphatic heterocycles. The van der Waals surface area contributed by atoms with Crippen LogP contribution >= 0.6 is 0 Å². The van der Waals surface area contributed by atoms with Gasteiger partial charge < -0.3 is 24.8 Å². The van der Waals surface area contributed by atoms with Crippen molar-refractivity contribution in [1.82, 2.24) is 0 Å². The topological polar surface area (TPSA) is 130 Å². The van der Waals surface area contributed by atoms with Crippen LogP contribution in [0.1, 0.15) is 58.9 Å². The van der Waals surface area contributed by atoms with Crippen LogP contribution in [-0.2, 0) is 4.74 Å². The largest absolute Gasteiger partial charge is 0.507 e. The normalized spacial score (nSPS) is 10.6. The number of methoxy groups -OCH3 is 1. The number of ether oxygens (including phenoxy) is 2. The number of phenolic OH excluding ortho intramolecular Hbond substituents is 3. The lowest BCUT2D eigenvalue weighted by Crippen LogP contribution is -2.15. The first-order valence-corrected chi connectivity index (χ1v) is 8.62. The average Bonchev–Trinajstić information content (AvgIpc) is 2.68. The van der Waals surface area contributed by atoms with Crippen LogP contribution in [0.3, 0.4) is 0 Å². The molecular weight excluding hydrogens is 380 g/mol. The third kappa shape index (κ3) is 3.37. The van der Waals surface area contributed by atoms with Gasteiger partial charge in [0.25, 0.3) is 0 Å². The van der Waals surface area contributed by atoms with Gasteiger partial charge in [-0.2, -0.15) is 0 Å². The molecule has 2 aromatic carbocycles. The highest BCUT2D eigenvalue weighted by Gasteiger charge is 2.28. The molecule has 3 N–H and O–H groups in total. The summed E-state index contributed by atoms with van der Waals surface area (Å²) in [5.74, 6) is -3.22. The van der Waals surface area contributed by atoms with Crippen molar-refractivity contribution >= 4 is 18.2 Å². The maximum atomic E-state index is 12.8. The lowest BCUT2D eigenvalue weighted by Gasteiger charge is -2.19. The van der Waals surface area contributed by atoms with Crippen molar-refractivity contribution in [3.63, 3.8) is 0 Å². The van der Waals surface area contributed by atoms with E-state index in [2.05, 4.69) is 4.74 Å². The van der Waals surface area contributed by atoms with Crippen LogP contribution in [-0.4, -0.2) is 40.7 Å². The standard InChI is InChI=1S/C21H22O8/c1-8-10(3)16(23)13(7-22)18(25)15(8)21(27)29-19-11(4)9(2)14(20(26)28-6)17(24)12(19)5/h7,23-25H,1-6H3. The highest BCUT2D eigenvalue weighted by molar-refractivity contribution is 6.01. The average molecular weight is 402 g/mol. The molecule has 0 amide bonds. The zero-order valence-electron chi connectivity index (χ0n) is 17.0. The number of benzene rings is 2. The summed E-state index contributed by atoms with van der Waals surface area (Å²) in [6, 6.07) is 0. The number of hydrogen-bond donors (Lipinski definition) is 3. The fourth-order valence-electron chi connectivity index (χ4n) is 3.11. The number of carbonyl (C=O) groups excluding carboxylic acids is 3. The van der Waals surface area contributed by atoms with Crippen molar-refractivity contribution in [2.45, 2.75) is 34.6 Å². The zero-order chi connectivity index (χ0) is 22.2. The van der Waals surface area contributed by atoms with E-state index in [0.29, 0.717) is 11.1 Å². The molecule has 0 aliphatic rings. The van der Waals surface area contributed by atoms with Crippen molar-refractivity contribution in [2.75, 3.05) is 7.11 Å².